The van der Waals surface area contributed by atoms with Gasteiger partial charge >= 0.3 is 5.97 Å². The lowest BCUT2D eigenvalue weighted by atomic mass is 9.65. The Morgan fingerprint density at radius 1 is 1.06 bits per heavy atom. The smallest absolute Gasteiger partial charge is 0.302 e. The summed E-state index contributed by atoms with van der Waals surface area (Å²) in [5, 5.41) is 3.08. The first-order chi connectivity index (χ1) is 15.9. The highest BCUT2D eigenvalue weighted by atomic mass is 16.5. The largest absolute Gasteiger partial charge is 0.497 e. The normalized spacial score (nSPS) is 26.3. The van der Waals surface area contributed by atoms with Crippen LogP contribution in [0, 0.1) is 17.3 Å². The molecule has 2 aliphatic carbocycles. The Hall–Kier alpha value is -2.82. The summed E-state index contributed by atoms with van der Waals surface area (Å²) in [4.78, 5) is 24.9. The number of methoxy groups -OCH3 is 1. The molecule has 5 heteroatoms. The highest BCUT2D eigenvalue weighted by Gasteiger charge is 2.52. The average Bonchev–Trinajstić information content (AvgIpc) is 3.12. The molecule has 0 bridgehead atoms. The number of ether oxygens (including phenoxy) is 2. The molecule has 0 radical (unpaired) electrons. The van der Waals surface area contributed by atoms with E-state index in [1.165, 1.54) is 18.1 Å². The number of nitrogens with one attached hydrogen (secondary N) is 1. The summed E-state index contributed by atoms with van der Waals surface area (Å²) in [5.41, 5.74) is 3.44. The van der Waals surface area contributed by atoms with Gasteiger partial charge in [-0.25, -0.2) is 0 Å². The Bertz CT molecular complexity index is 989. The molecule has 33 heavy (non-hydrogen) atoms. The molecule has 0 aromatic heterocycles. The SMILES string of the molecule is COc1ccc2c(c1)CCC(C1CC[C@H](OC(C)=O)[C@@]1(C)CC(=O)NCc1ccccc1)C2. The number of carbonyl (C=O) groups excluding carboxylic acids is 2. The van der Waals surface area contributed by atoms with Crippen LogP contribution in [0.15, 0.2) is 48.5 Å². The van der Waals surface area contributed by atoms with E-state index in [4.69, 9.17) is 9.47 Å². The van der Waals surface area contributed by atoms with Crippen LogP contribution in [-0.2, 0) is 33.7 Å². The second-order valence-corrected chi connectivity index (χ2v) is 9.86. The number of rotatable bonds is 7. The molecule has 1 saturated carbocycles. The first-order valence-corrected chi connectivity index (χ1v) is 12.0. The molecule has 4 atom stereocenters. The van der Waals surface area contributed by atoms with Crippen molar-refractivity contribution >= 4 is 11.9 Å². The fourth-order valence-electron chi connectivity index (χ4n) is 6.08. The molecule has 1 amide bonds. The van der Waals surface area contributed by atoms with Gasteiger partial charge in [0.2, 0.25) is 5.91 Å². The number of amides is 1. The van der Waals surface area contributed by atoms with Crippen LogP contribution in [-0.4, -0.2) is 25.1 Å². The van der Waals surface area contributed by atoms with E-state index in [1.54, 1.807) is 7.11 Å². The van der Waals surface area contributed by atoms with E-state index in [-0.39, 0.29) is 23.4 Å². The molecular weight excluding hydrogens is 414 g/mol. The Kier molecular flexibility index (Phi) is 7.06. The van der Waals surface area contributed by atoms with Gasteiger partial charge in [0.05, 0.1) is 7.11 Å². The Balaban J connectivity index is 1.49. The molecule has 0 spiro atoms. The van der Waals surface area contributed by atoms with Crippen LogP contribution in [0.1, 0.15) is 56.2 Å². The second kappa shape index (κ2) is 9.98. The van der Waals surface area contributed by atoms with Crippen LogP contribution in [0.25, 0.3) is 0 Å². The lowest BCUT2D eigenvalue weighted by Crippen LogP contribution is -2.43. The highest BCUT2D eigenvalue weighted by Crippen LogP contribution is 2.53. The monoisotopic (exact) mass is 449 g/mol. The molecule has 176 valence electrons. The zero-order valence-corrected chi connectivity index (χ0v) is 19.9. The van der Waals surface area contributed by atoms with Crippen LogP contribution in [0.2, 0.25) is 0 Å². The molecule has 2 aromatic carbocycles. The molecule has 5 nitrogen and oxygen atoms in total. The first kappa shape index (κ1) is 23.3. The fraction of sp³-hybridized carbons (Fsp3) is 0.500. The molecule has 0 saturated heterocycles. The van der Waals surface area contributed by atoms with Crippen LogP contribution in [0.3, 0.4) is 0 Å². The zero-order chi connectivity index (χ0) is 23.4. The Labute approximate surface area is 196 Å². The molecule has 2 aliphatic rings. The minimum atomic E-state index is -0.374. The fourth-order valence-corrected chi connectivity index (χ4v) is 6.08. The summed E-state index contributed by atoms with van der Waals surface area (Å²) in [5.74, 6) is 1.46. The van der Waals surface area contributed by atoms with Gasteiger partial charge in [-0.05, 0) is 72.8 Å². The lowest BCUT2D eigenvalue weighted by Gasteiger charge is -2.41. The summed E-state index contributed by atoms with van der Waals surface area (Å²) >= 11 is 0. The van der Waals surface area contributed by atoms with E-state index in [1.807, 2.05) is 36.4 Å². The predicted octanol–water partition coefficient (Wildman–Crippen LogP) is 4.85. The third-order valence-corrected chi connectivity index (χ3v) is 7.75. The summed E-state index contributed by atoms with van der Waals surface area (Å²) < 4.78 is 11.2. The molecule has 2 aromatic rings. The van der Waals surface area contributed by atoms with E-state index < -0.39 is 0 Å². The molecule has 2 unspecified atom stereocenters. The second-order valence-electron chi connectivity index (χ2n) is 9.86. The van der Waals surface area contributed by atoms with Crippen molar-refractivity contribution in [1.29, 1.82) is 0 Å². The third-order valence-electron chi connectivity index (χ3n) is 7.75. The maximum atomic E-state index is 13.0. The third kappa shape index (κ3) is 5.23. The molecule has 1 fully saturated rings. The van der Waals surface area contributed by atoms with Crippen LogP contribution in [0.5, 0.6) is 5.75 Å². The van der Waals surface area contributed by atoms with Gasteiger partial charge in [-0.3, -0.25) is 9.59 Å². The van der Waals surface area contributed by atoms with Gasteiger partial charge < -0.3 is 14.8 Å². The maximum Gasteiger partial charge on any atom is 0.302 e. The van der Waals surface area contributed by atoms with Crippen molar-refractivity contribution in [3.05, 3.63) is 65.2 Å². The number of aryl methyl sites for hydroxylation is 1. The Morgan fingerprint density at radius 3 is 2.58 bits per heavy atom. The van der Waals surface area contributed by atoms with Gasteiger partial charge in [-0.15, -0.1) is 0 Å². The van der Waals surface area contributed by atoms with E-state index in [0.717, 1.165) is 43.4 Å². The standard InChI is InChI=1S/C28H35NO4/c1-19(30)33-26-14-13-25(23-10-9-22-16-24(32-3)12-11-21(22)15-23)28(26,2)17-27(31)29-18-20-7-5-4-6-8-20/h4-8,11-12,16,23,25-26H,9-10,13-15,17-18H2,1-3H3,(H,29,31)/t23?,25?,26-,28-/m0/s1. The number of carbonyl (C=O) groups is 2. The number of fused-ring (bicyclic) bond motifs is 1. The minimum absolute atomic E-state index is 0.0198. The number of hydrogen-bond acceptors (Lipinski definition) is 4. The maximum absolute atomic E-state index is 13.0. The Morgan fingerprint density at radius 2 is 1.85 bits per heavy atom. The van der Waals surface area contributed by atoms with Crippen molar-refractivity contribution in [2.24, 2.45) is 17.3 Å². The molecule has 4 rings (SSSR count). The number of hydrogen-bond donors (Lipinski definition) is 1. The van der Waals surface area contributed by atoms with E-state index >= 15 is 0 Å². The van der Waals surface area contributed by atoms with Gasteiger partial charge in [0.15, 0.2) is 0 Å². The van der Waals surface area contributed by atoms with Crippen molar-refractivity contribution in [2.75, 3.05) is 7.11 Å². The van der Waals surface area contributed by atoms with Crippen molar-refractivity contribution < 1.29 is 19.1 Å². The van der Waals surface area contributed by atoms with Gasteiger partial charge in [0, 0.05) is 25.3 Å². The van der Waals surface area contributed by atoms with Crippen LogP contribution >= 0.6 is 0 Å². The van der Waals surface area contributed by atoms with Gasteiger partial charge in [-0.2, -0.15) is 0 Å². The minimum Gasteiger partial charge on any atom is -0.497 e. The average molecular weight is 450 g/mol. The number of benzene rings is 2. The molecule has 1 N–H and O–H groups in total. The van der Waals surface area contributed by atoms with E-state index in [9.17, 15) is 9.59 Å². The number of esters is 1. The van der Waals surface area contributed by atoms with Crippen LogP contribution < -0.4 is 10.1 Å². The van der Waals surface area contributed by atoms with Crippen molar-refractivity contribution in [1.82, 2.24) is 5.32 Å². The van der Waals surface area contributed by atoms with Gasteiger partial charge in [0.1, 0.15) is 11.9 Å². The van der Waals surface area contributed by atoms with Gasteiger partial charge in [0.25, 0.3) is 0 Å². The molecular formula is C28H35NO4. The first-order valence-electron chi connectivity index (χ1n) is 12.0. The topological polar surface area (TPSA) is 64.6 Å². The van der Waals surface area contributed by atoms with E-state index in [2.05, 4.69) is 24.4 Å². The summed E-state index contributed by atoms with van der Waals surface area (Å²) in [6.07, 6.45) is 5.04. The van der Waals surface area contributed by atoms with E-state index in [0.29, 0.717) is 24.8 Å². The predicted molar refractivity (Wildman–Crippen MR) is 128 cm³/mol. The van der Waals surface area contributed by atoms with Crippen molar-refractivity contribution in [3.8, 4) is 5.75 Å². The van der Waals surface area contributed by atoms with Crippen molar-refractivity contribution in [3.63, 3.8) is 0 Å². The molecule has 0 heterocycles. The highest BCUT2D eigenvalue weighted by molar-refractivity contribution is 5.77. The summed E-state index contributed by atoms with van der Waals surface area (Å²) in [7, 11) is 1.70. The summed E-state index contributed by atoms with van der Waals surface area (Å²) in [6.45, 7) is 4.13. The summed E-state index contributed by atoms with van der Waals surface area (Å²) in [6, 6.07) is 16.3. The molecule has 0 aliphatic heterocycles. The quantitative estimate of drug-likeness (QED) is 0.614. The zero-order valence-electron chi connectivity index (χ0n) is 19.9. The lowest BCUT2D eigenvalue weighted by molar-refractivity contribution is -0.155. The van der Waals surface area contributed by atoms with Gasteiger partial charge in [-0.1, -0.05) is 43.3 Å². The van der Waals surface area contributed by atoms with Crippen LogP contribution in [0.4, 0.5) is 0 Å². The van der Waals surface area contributed by atoms with Crippen molar-refractivity contribution in [2.45, 2.75) is 65.0 Å².